The maximum absolute atomic E-state index is 4.24. The van der Waals surface area contributed by atoms with Crippen molar-refractivity contribution in [3.05, 3.63) is 50.6 Å². The highest BCUT2D eigenvalue weighted by Gasteiger charge is 2.57. The van der Waals surface area contributed by atoms with Crippen LogP contribution < -0.4 is 0 Å². The molecular weight excluding hydrogens is 264 g/mol. The van der Waals surface area contributed by atoms with Crippen LogP contribution in [0.1, 0.15) is 66.2 Å². The molecule has 1 aliphatic carbocycles. The average molecular weight is 301 g/mol. The SMILES string of the molecule is C=CC1(C=C)CCCCCCC(C)(C)C(C)(C)C1(C=C)C=C. The number of hydrogen-bond acceptors (Lipinski definition) is 0. The van der Waals surface area contributed by atoms with Crippen molar-refractivity contribution in [3.8, 4) is 0 Å². The highest BCUT2D eigenvalue weighted by molar-refractivity contribution is 5.31. The third-order valence-electron chi connectivity index (χ3n) is 7.01. The first-order valence-corrected chi connectivity index (χ1v) is 8.74. The summed E-state index contributed by atoms with van der Waals surface area (Å²) in [7, 11) is 0. The molecule has 0 heteroatoms. The molecule has 0 aromatic rings. The summed E-state index contributed by atoms with van der Waals surface area (Å²) >= 11 is 0. The Bertz CT molecular complexity index is 417. The first kappa shape index (κ1) is 19.0. The fourth-order valence-electron chi connectivity index (χ4n) is 4.60. The van der Waals surface area contributed by atoms with E-state index in [2.05, 4.69) is 78.3 Å². The van der Waals surface area contributed by atoms with Crippen LogP contribution in [0.3, 0.4) is 0 Å². The van der Waals surface area contributed by atoms with Crippen molar-refractivity contribution in [1.29, 1.82) is 0 Å². The lowest BCUT2D eigenvalue weighted by molar-refractivity contribution is -0.0409. The van der Waals surface area contributed by atoms with Gasteiger partial charge in [-0.3, -0.25) is 0 Å². The first-order valence-electron chi connectivity index (χ1n) is 8.74. The summed E-state index contributed by atoms with van der Waals surface area (Å²) in [5.74, 6) is 0. The molecule has 0 aromatic heterocycles. The molecule has 0 bridgehead atoms. The maximum atomic E-state index is 4.24. The van der Waals surface area contributed by atoms with E-state index in [1.807, 2.05) is 0 Å². The van der Waals surface area contributed by atoms with E-state index in [4.69, 9.17) is 0 Å². The maximum Gasteiger partial charge on any atom is 0.0238 e. The normalized spacial score (nSPS) is 26.4. The highest BCUT2D eigenvalue weighted by atomic mass is 14.6. The second-order valence-corrected chi connectivity index (χ2v) is 8.15. The third-order valence-corrected chi connectivity index (χ3v) is 7.01. The fourth-order valence-corrected chi connectivity index (χ4v) is 4.60. The van der Waals surface area contributed by atoms with Crippen molar-refractivity contribution in [2.45, 2.75) is 66.2 Å². The Morgan fingerprint density at radius 1 is 0.636 bits per heavy atom. The van der Waals surface area contributed by atoms with Crippen molar-refractivity contribution in [1.82, 2.24) is 0 Å². The molecule has 0 radical (unpaired) electrons. The van der Waals surface area contributed by atoms with Crippen molar-refractivity contribution in [2.75, 3.05) is 0 Å². The van der Waals surface area contributed by atoms with Gasteiger partial charge in [0.2, 0.25) is 0 Å². The first-order chi connectivity index (χ1) is 10.2. The van der Waals surface area contributed by atoms with E-state index >= 15 is 0 Å². The van der Waals surface area contributed by atoms with E-state index < -0.39 is 0 Å². The summed E-state index contributed by atoms with van der Waals surface area (Å²) in [6, 6.07) is 0. The van der Waals surface area contributed by atoms with Crippen LogP contribution in [0.15, 0.2) is 50.6 Å². The van der Waals surface area contributed by atoms with Gasteiger partial charge < -0.3 is 0 Å². The third kappa shape index (κ3) is 2.55. The van der Waals surface area contributed by atoms with Crippen LogP contribution in [0.2, 0.25) is 0 Å². The quantitative estimate of drug-likeness (QED) is 0.485. The van der Waals surface area contributed by atoms with Crippen molar-refractivity contribution in [3.63, 3.8) is 0 Å². The fraction of sp³-hybridized carbons (Fsp3) is 0.636. The Balaban J connectivity index is 3.67. The second-order valence-electron chi connectivity index (χ2n) is 8.15. The zero-order chi connectivity index (χ0) is 17.1. The Hall–Kier alpha value is -1.04. The summed E-state index contributed by atoms with van der Waals surface area (Å²) in [4.78, 5) is 0. The molecule has 0 N–H and O–H groups in total. The molecule has 1 saturated carbocycles. The minimum Gasteiger partial charge on any atom is -0.102 e. The van der Waals surface area contributed by atoms with Gasteiger partial charge in [0.05, 0.1) is 0 Å². The Kier molecular flexibility index (Phi) is 5.71. The molecule has 0 aliphatic heterocycles. The summed E-state index contributed by atoms with van der Waals surface area (Å²) in [5, 5.41) is 0. The predicted molar refractivity (Wildman–Crippen MR) is 101 cm³/mol. The van der Waals surface area contributed by atoms with Gasteiger partial charge >= 0.3 is 0 Å². The molecule has 1 aliphatic rings. The van der Waals surface area contributed by atoms with Gasteiger partial charge in [-0.25, -0.2) is 0 Å². The zero-order valence-electron chi connectivity index (χ0n) is 15.4. The van der Waals surface area contributed by atoms with E-state index in [1.165, 1.54) is 32.1 Å². The molecular formula is C22H36. The molecule has 124 valence electrons. The summed E-state index contributed by atoms with van der Waals surface area (Å²) in [6.07, 6.45) is 15.8. The minimum absolute atomic E-state index is 0.00319. The van der Waals surface area contributed by atoms with Gasteiger partial charge in [-0.15, -0.1) is 26.3 Å². The molecule has 1 fully saturated rings. The molecule has 0 amide bonds. The van der Waals surface area contributed by atoms with Gasteiger partial charge in [-0.1, -0.05) is 77.7 Å². The van der Waals surface area contributed by atoms with E-state index in [0.29, 0.717) is 0 Å². The van der Waals surface area contributed by atoms with Crippen LogP contribution in [0.5, 0.6) is 0 Å². The van der Waals surface area contributed by atoms with Gasteiger partial charge in [0.25, 0.3) is 0 Å². The van der Waals surface area contributed by atoms with Crippen LogP contribution in [0.25, 0.3) is 0 Å². The molecule has 0 spiro atoms. The van der Waals surface area contributed by atoms with E-state index in [9.17, 15) is 0 Å². The van der Waals surface area contributed by atoms with Gasteiger partial charge in [0.15, 0.2) is 0 Å². The highest BCUT2D eigenvalue weighted by Crippen LogP contribution is 2.64. The zero-order valence-corrected chi connectivity index (χ0v) is 15.4. The Morgan fingerprint density at radius 3 is 1.50 bits per heavy atom. The second kappa shape index (κ2) is 6.60. The topological polar surface area (TPSA) is 0 Å². The largest absolute Gasteiger partial charge is 0.102 e. The molecule has 22 heavy (non-hydrogen) atoms. The van der Waals surface area contributed by atoms with Crippen molar-refractivity contribution in [2.24, 2.45) is 21.7 Å². The Labute approximate surface area is 139 Å². The minimum atomic E-state index is -0.246. The smallest absolute Gasteiger partial charge is 0.0238 e. The van der Waals surface area contributed by atoms with Gasteiger partial charge in [0, 0.05) is 10.8 Å². The molecule has 0 heterocycles. The molecule has 0 aromatic carbocycles. The lowest BCUT2D eigenvalue weighted by Crippen LogP contribution is -2.53. The van der Waals surface area contributed by atoms with E-state index in [-0.39, 0.29) is 21.7 Å². The van der Waals surface area contributed by atoms with Crippen LogP contribution >= 0.6 is 0 Å². The molecule has 0 nitrogen and oxygen atoms in total. The van der Waals surface area contributed by atoms with Gasteiger partial charge in [-0.05, 0) is 23.7 Å². The van der Waals surface area contributed by atoms with Crippen LogP contribution in [-0.2, 0) is 0 Å². The molecule has 0 unspecified atom stereocenters. The summed E-state index contributed by atoms with van der Waals surface area (Å²) in [6.45, 7) is 26.4. The van der Waals surface area contributed by atoms with Gasteiger partial charge in [0.1, 0.15) is 0 Å². The van der Waals surface area contributed by atoms with Crippen molar-refractivity contribution < 1.29 is 0 Å². The number of rotatable bonds is 4. The average Bonchev–Trinajstić information content (AvgIpc) is 2.49. The molecule has 0 atom stereocenters. The lowest BCUT2D eigenvalue weighted by Gasteiger charge is -2.60. The van der Waals surface area contributed by atoms with Gasteiger partial charge in [-0.2, -0.15) is 0 Å². The molecule has 0 saturated heterocycles. The molecule has 1 rings (SSSR count). The Morgan fingerprint density at radius 2 is 1.09 bits per heavy atom. The standard InChI is InChI=1S/C22H36/c1-9-21(10-2)18-16-14-13-15-17-19(5,6)20(7,8)22(21,11-3)12-4/h9-12H,1-4,13-18H2,5-8H3. The van der Waals surface area contributed by atoms with Crippen molar-refractivity contribution >= 4 is 0 Å². The van der Waals surface area contributed by atoms with Crippen LogP contribution in [0.4, 0.5) is 0 Å². The van der Waals surface area contributed by atoms with E-state index in [0.717, 1.165) is 6.42 Å². The number of hydrogen-bond donors (Lipinski definition) is 0. The summed E-state index contributed by atoms with van der Waals surface area (Å²) in [5.41, 5.74) is -0.244. The lowest BCUT2D eigenvalue weighted by atomic mass is 9.43. The monoisotopic (exact) mass is 300 g/mol. The van der Waals surface area contributed by atoms with Crippen LogP contribution in [-0.4, -0.2) is 0 Å². The predicted octanol–water partition coefficient (Wildman–Crippen LogP) is 7.11. The number of allylic oxidation sites excluding steroid dienone is 4. The van der Waals surface area contributed by atoms with E-state index in [1.54, 1.807) is 0 Å². The summed E-state index contributed by atoms with van der Waals surface area (Å²) < 4.78 is 0. The van der Waals surface area contributed by atoms with Crippen LogP contribution in [0, 0.1) is 21.7 Å².